The summed E-state index contributed by atoms with van der Waals surface area (Å²) < 4.78 is 5.36. The molecule has 0 saturated carbocycles. The molecule has 3 atom stereocenters. The van der Waals surface area contributed by atoms with Crippen LogP contribution in [0, 0.1) is 0 Å². The number of likely N-dealkylation sites (N-methyl/N-ethyl adjacent to an activating group) is 1. The Balaban J connectivity index is 0.00000180. The molecule has 2 aliphatic rings. The van der Waals surface area contributed by atoms with Crippen molar-refractivity contribution in [2.24, 2.45) is 0 Å². The summed E-state index contributed by atoms with van der Waals surface area (Å²) in [5.41, 5.74) is 0. The Bertz CT molecular complexity index is 301. The lowest BCUT2D eigenvalue weighted by Gasteiger charge is -2.40. The van der Waals surface area contributed by atoms with Crippen LogP contribution in [0.3, 0.4) is 0 Å². The zero-order chi connectivity index (χ0) is 13.1. The van der Waals surface area contributed by atoms with Crippen molar-refractivity contribution in [2.45, 2.75) is 37.9 Å². The molecule has 1 amide bonds. The molecule has 0 aromatic carbocycles. The summed E-state index contributed by atoms with van der Waals surface area (Å²) in [6.45, 7) is 5.28. The minimum atomic E-state index is -0.154. The summed E-state index contributed by atoms with van der Waals surface area (Å²) in [5, 5.41) is 3.23. The Morgan fingerprint density at radius 1 is 1.40 bits per heavy atom. The summed E-state index contributed by atoms with van der Waals surface area (Å²) in [5.74, 6) is 0.177. The number of halogens is 2. The molecule has 3 unspecified atom stereocenters. The molecule has 0 aliphatic carbocycles. The monoisotopic (exact) mass is 327 g/mol. The molecular weight excluding hydrogens is 301 g/mol. The molecule has 2 aliphatic heterocycles. The summed E-state index contributed by atoms with van der Waals surface area (Å²) in [6.07, 6.45) is 2.13. The highest BCUT2D eigenvalue weighted by Gasteiger charge is 2.31. The molecule has 0 radical (unpaired) electrons. The fraction of sp³-hybridized carbons (Fsp3) is 0.923. The molecule has 0 bridgehead atoms. The molecule has 2 saturated heterocycles. The molecule has 0 spiro atoms. The fourth-order valence-corrected chi connectivity index (χ4v) is 2.77. The van der Waals surface area contributed by atoms with Gasteiger partial charge in [-0.2, -0.15) is 0 Å². The lowest BCUT2D eigenvalue weighted by molar-refractivity contribution is -0.138. The predicted octanol–water partition coefficient (Wildman–Crippen LogP) is 0.759. The van der Waals surface area contributed by atoms with Crippen LogP contribution < -0.4 is 5.32 Å². The normalized spacial score (nSPS) is 30.9. The topological polar surface area (TPSA) is 44.8 Å². The second-order valence-corrected chi connectivity index (χ2v) is 5.54. The first-order valence-electron chi connectivity index (χ1n) is 6.87. The van der Waals surface area contributed by atoms with E-state index in [0.717, 1.165) is 25.9 Å². The molecule has 2 heterocycles. The fourth-order valence-electron chi connectivity index (χ4n) is 2.77. The Labute approximate surface area is 134 Å². The van der Waals surface area contributed by atoms with Crippen molar-refractivity contribution in [3.63, 3.8) is 0 Å². The van der Waals surface area contributed by atoms with Crippen LogP contribution in [0.4, 0.5) is 0 Å². The maximum Gasteiger partial charge on any atom is 0.242 e. The largest absolute Gasteiger partial charge is 0.378 e. The number of carbonyl (C=O) groups excluding carboxylic acids is 1. The predicted molar refractivity (Wildman–Crippen MR) is 85.0 cm³/mol. The second-order valence-electron chi connectivity index (χ2n) is 5.54. The van der Waals surface area contributed by atoms with Crippen molar-refractivity contribution in [1.82, 2.24) is 15.1 Å². The van der Waals surface area contributed by atoms with Crippen LogP contribution in [0.25, 0.3) is 0 Å². The van der Waals surface area contributed by atoms with Gasteiger partial charge in [-0.25, -0.2) is 0 Å². The molecule has 7 heteroatoms. The van der Waals surface area contributed by atoms with E-state index in [-0.39, 0.29) is 36.8 Å². The highest BCUT2D eigenvalue weighted by Crippen LogP contribution is 2.20. The minimum Gasteiger partial charge on any atom is -0.378 e. The van der Waals surface area contributed by atoms with Crippen LogP contribution in [0.15, 0.2) is 0 Å². The van der Waals surface area contributed by atoms with Crippen LogP contribution in [0.1, 0.15) is 19.8 Å². The minimum absolute atomic E-state index is 0. The third kappa shape index (κ3) is 4.74. The standard InChI is InChI=1S/C13H25N3O2.2ClH/c1-10-8-11(4-6-15(10)2)16(3)13(17)12-9-18-7-5-14-12;;/h10-12,14H,4-9H2,1-3H3;2*1H. The number of amides is 1. The average molecular weight is 328 g/mol. The van der Waals surface area contributed by atoms with Crippen LogP contribution in [-0.2, 0) is 9.53 Å². The van der Waals surface area contributed by atoms with E-state index in [1.807, 2.05) is 11.9 Å². The molecule has 1 N–H and O–H groups in total. The summed E-state index contributed by atoms with van der Waals surface area (Å²) in [6, 6.07) is 0.765. The molecule has 2 fully saturated rings. The van der Waals surface area contributed by atoms with E-state index in [4.69, 9.17) is 4.74 Å². The van der Waals surface area contributed by atoms with Gasteiger partial charge in [0.25, 0.3) is 0 Å². The molecule has 0 aromatic heterocycles. The lowest BCUT2D eigenvalue weighted by atomic mass is 9.97. The van der Waals surface area contributed by atoms with Gasteiger partial charge in [0.15, 0.2) is 0 Å². The second kappa shape index (κ2) is 9.05. The highest BCUT2D eigenvalue weighted by atomic mass is 35.5. The number of likely N-dealkylation sites (tertiary alicyclic amines) is 1. The van der Waals surface area contributed by atoms with Gasteiger partial charge in [-0.15, -0.1) is 24.8 Å². The SMILES string of the molecule is CC1CC(N(C)C(=O)C2COCCN2)CCN1C.Cl.Cl. The quantitative estimate of drug-likeness (QED) is 0.813. The van der Waals surface area contributed by atoms with Crippen molar-refractivity contribution in [3.8, 4) is 0 Å². The smallest absolute Gasteiger partial charge is 0.242 e. The Morgan fingerprint density at radius 3 is 2.65 bits per heavy atom. The van der Waals surface area contributed by atoms with Gasteiger partial charge < -0.3 is 19.9 Å². The van der Waals surface area contributed by atoms with Crippen LogP contribution >= 0.6 is 24.8 Å². The van der Waals surface area contributed by atoms with Gasteiger partial charge in [-0.05, 0) is 26.8 Å². The third-order valence-corrected chi connectivity index (χ3v) is 4.30. The van der Waals surface area contributed by atoms with E-state index in [0.29, 0.717) is 25.3 Å². The molecule has 0 aromatic rings. The summed E-state index contributed by atoms with van der Waals surface area (Å²) >= 11 is 0. The Morgan fingerprint density at radius 2 is 2.10 bits per heavy atom. The first-order valence-corrected chi connectivity index (χ1v) is 6.87. The van der Waals surface area contributed by atoms with Crippen LogP contribution in [0.5, 0.6) is 0 Å². The van der Waals surface area contributed by atoms with Gasteiger partial charge in [0.05, 0.1) is 13.2 Å². The molecular formula is C13H27Cl2N3O2. The van der Waals surface area contributed by atoms with Gasteiger partial charge in [0, 0.05) is 32.2 Å². The maximum absolute atomic E-state index is 12.4. The van der Waals surface area contributed by atoms with E-state index >= 15 is 0 Å². The molecule has 120 valence electrons. The molecule has 2 rings (SSSR count). The van der Waals surface area contributed by atoms with Gasteiger partial charge in [-0.3, -0.25) is 4.79 Å². The van der Waals surface area contributed by atoms with E-state index in [1.165, 1.54) is 0 Å². The number of carbonyl (C=O) groups is 1. The number of ether oxygens (including phenoxy) is 1. The van der Waals surface area contributed by atoms with Crippen molar-refractivity contribution < 1.29 is 9.53 Å². The average Bonchev–Trinajstić information content (AvgIpc) is 2.41. The number of rotatable bonds is 2. The number of nitrogens with one attached hydrogen (secondary N) is 1. The number of piperidine rings is 1. The number of morpholine rings is 1. The van der Waals surface area contributed by atoms with E-state index in [2.05, 4.69) is 24.2 Å². The van der Waals surface area contributed by atoms with Crippen LogP contribution in [-0.4, -0.2) is 74.2 Å². The van der Waals surface area contributed by atoms with Crippen LogP contribution in [0.2, 0.25) is 0 Å². The van der Waals surface area contributed by atoms with Gasteiger partial charge in [-0.1, -0.05) is 0 Å². The lowest BCUT2D eigenvalue weighted by Crippen LogP contribution is -2.56. The van der Waals surface area contributed by atoms with Crippen molar-refractivity contribution >= 4 is 30.7 Å². The van der Waals surface area contributed by atoms with Crippen molar-refractivity contribution in [3.05, 3.63) is 0 Å². The Hall–Kier alpha value is -0.0700. The zero-order valence-electron chi connectivity index (χ0n) is 12.5. The Kier molecular flexibility index (Phi) is 9.02. The molecule has 5 nitrogen and oxygen atoms in total. The van der Waals surface area contributed by atoms with E-state index in [1.54, 1.807) is 0 Å². The van der Waals surface area contributed by atoms with Crippen molar-refractivity contribution in [2.75, 3.05) is 40.4 Å². The van der Waals surface area contributed by atoms with Gasteiger partial charge in [0.1, 0.15) is 6.04 Å². The highest BCUT2D eigenvalue weighted by molar-refractivity contribution is 5.85. The zero-order valence-corrected chi connectivity index (χ0v) is 14.1. The van der Waals surface area contributed by atoms with Gasteiger partial charge >= 0.3 is 0 Å². The van der Waals surface area contributed by atoms with Crippen molar-refractivity contribution in [1.29, 1.82) is 0 Å². The third-order valence-electron chi connectivity index (χ3n) is 4.30. The first-order chi connectivity index (χ1) is 8.59. The first kappa shape index (κ1) is 19.9. The molecule has 20 heavy (non-hydrogen) atoms. The summed E-state index contributed by atoms with van der Waals surface area (Å²) in [4.78, 5) is 16.6. The van der Waals surface area contributed by atoms with E-state index in [9.17, 15) is 4.79 Å². The number of hydrogen-bond acceptors (Lipinski definition) is 4. The van der Waals surface area contributed by atoms with Gasteiger partial charge in [0.2, 0.25) is 5.91 Å². The van der Waals surface area contributed by atoms with E-state index < -0.39 is 0 Å². The maximum atomic E-state index is 12.4. The summed E-state index contributed by atoms with van der Waals surface area (Å²) in [7, 11) is 4.08. The number of hydrogen-bond donors (Lipinski definition) is 1. The number of nitrogens with zero attached hydrogens (tertiary/aromatic N) is 2.